The number of nitrogens with zero attached hydrogens (tertiary/aromatic N) is 3. The molecule has 0 atom stereocenters. The van der Waals surface area contributed by atoms with Crippen molar-refractivity contribution in [1.82, 2.24) is 5.43 Å². The number of rotatable bonds is 3. The highest BCUT2D eigenvalue weighted by atomic mass is 79.9. The SMILES string of the molecule is CC(C)(C)c1ccc(C2=Nc3ccc(Br)cc3C(c3ccc([N+](=O)[O-])cc3)=NN2)cc1. The van der Waals surface area contributed by atoms with Crippen LogP contribution in [0.1, 0.15) is 43.0 Å². The maximum absolute atomic E-state index is 11.0. The molecule has 1 aliphatic heterocycles. The van der Waals surface area contributed by atoms with Crippen LogP contribution in [-0.4, -0.2) is 16.5 Å². The number of nitro groups is 1. The van der Waals surface area contributed by atoms with Crippen molar-refractivity contribution in [2.75, 3.05) is 0 Å². The molecule has 0 saturated heterocycles. The highest BCUT2D eigenvalue weighted by Gasteiger charge is 2.19. The Labute approximate surface area is 189 Å². The summed E-state index contributed by atoms with van der Waals surface area (Å²) in [6, 6.07) is 20.5. The summed E-state index contributed by atoms with van der Waals surface area (Å²) in [7, 11) is 0. The van der Waals surface area contributed by atoms with Crippen LogP contribution in [0.2, 0.25) is 0 Å². The number of nitrogens with one attached hydrogen (secondary N) is 1. The minimum absolute atomic E-state index is 0.0382. The smallest absolute Gasteiger partial charge is 0.260 e. The topological polar surface area (TPSA) is 79.9 Å². The molecule has 156 valence electrons. The molecule has 0 spiro atoms. The van der Waals surface area contributed by atoms with E-state index in [-0.39, 0.29) is 11.1 Å². The first kappa shape index (κ1) is 20.9. The van der Waals surface area contributed by atoms with Crippen molar-refractivity contribution < 1.29 is 4.92 Å². The molecule has 1 N–H and O–H groups in total. The van der Waals surface area contributed by atoms with Crippen LogP contribution in [0.5, 0.6) is 0 Å². The van der Waals surface area contributed by atoms with Gasteiger partial charge < -0.3 is 0 Å². The number of hydrogen-bond donors (Lipinski definition) is 1. The molecule has 3 aromatic carbocycles. The van der Waals surface area contributed by atoms with E-state index in [2.05, 4.69) is 59.4 Å². The first-order valence-electron chi connectivity index (χ1n) is 9.80. The number of non-ortho nitro benzene ring substituents is 1. The second-order valence-electron chi connectivity index (χ2n) is 8.33. The van der Waals surface area contributed by atoms with Gasteiger partial charge in [-0.15, -0.1) is 0 Å². The second-order valence-corrected chi connectivity index (χ2v) is 9.24. The molecule has 4 rings (SSSR count). The number of aliphatic imine (C=N–C) groups is 1. The van der Waals surface area contributed by atoms with E-state index in [1.807, 2.05) is 30.3 Å². The summed E-state index contributed by atoms with van der Waals surface area (Å²) in [5.41, 5.74) is 8.39. The largest absolute Gasteiger partial charge is 0.269 e. The summed E-state index contributed by atoms with van der Waals surface area (Å²) < 4.78 is 0.897. The van der Waals surface area contributed by atoms with Gasteiger partial charge >= 0.3 is 0 Å². The predicted octanol–water partition coefficient (Wildman–Crippen LogP) is 6.09. The third-order valence-corrected chi connectivity index (χ3v) is 5.59. The molecule has 31 heavy (non-hydrogen) atoms. The van der Waals surface area contributed by atoms with Crippen LogP contribution in [-0.2, 0) is 5.41 Å². The predicted molar refractivity (Wildman–Crippen MR) is 127 cm³/mol. The number of fused-ring (bicyclic) bond motifs is 1. The fraction of sp³-hybridized carbons (Fsp3) is 0.167. The first-order chi connectivity index (χ1) is 14.7. The molecule has 0 unspecified atom stereocenters. The van der Waals surface area contributed by atoms with Gasteiger partial charge in [-0.2, -0.15) is 5.10 Å². The maximum atomic E-state index is 11.0. The van der Waals surface area contributed by atoms with E-state index in [0.29, 0.717) is 11.5 Å². The number of nitro benzene ring substituents is 1. The highest BCUT2D eigenvalue weighted by Crippen LogP contribution is 2.30. The Morgan fingerprint density at radius 2 is 1.58 bits per heavy atom. The number of halogens is 1. The van der Waals surface area contributed by atoms with Gasteiger partial charge in [-0.05, 0) is 41.3 Å². The van der Waals surface area contributed by atoms with Crippen molar-refractivity contribution in [2.45, 2.75) is 26.2 Å². The van der Waals surface area contributed by atoms with Gasteiger partial charge in [0.05, 0.1) is 10.6 Å². The Bertz CT molecular complexity index is 1210. The molecular formula is C24H21BrN4O2. The van der Waals surface area contributed by atoms with Gasteiger partial charge in [0.2, 0.25) is 0 Å². The van der Waals surface area contributed by atoms with Crippen LogP contribution in [0.15, 0.2) is 81.3 Å². The van der Waals surface area contributed by atoms with Gasteiger partial charge in [-0.3, -0.25) is 15.5 Å². The molecule has 6 nitrogen and oxygen atoms in total. The molecular weight excluding hydrogens is 456 g/mol. The molecule has 0 aliphatic carbocycles. The van der Waals surface area contributed by atoms with Crippen molar-refractivity contribution in [3.8, 4) is 0 Å². The molecule has 0 saturated carbocycles. The lowest BCUT2D eigenvalue weighted by Crippen LogP contribution is -2.20. The van der Waals surface area contributed by atoms with Gasteiger partial charge in [0.15, 0.2) is 5.84 Å². The molecule has 0 fully saturated rings. The molecule has 0 aromatic heterocycles. The second kappa shape index (κ2) is 8.07. The summed E-state index contributed by atoms with van der Waals surface area (Å²) >= 11 is 3.52. The average molecular weight is 477 g/mol. The number of hydrogen-bond acceptors (Lipinski definition) is 5. The Morgan fingerprint density at radius 1 is 0.935 bits per heavy atom. The monoisotopic (exact) mass is 476 g/mol. The summed E-state index contributed by atoms with van der Waals surface area (Å²) in [4.78, 5) is 15.4. The summed E-state index contributed by atoms with van der Waals surface area (Å²) in [5, 5.41) is 15.6. The standard InChI is InChI=1S/C24H21BrN4O2/c1-24(2,3)17-8-4-16(5-9-17)23-26-21-13-10-18(25)14-20(21)22(27-28-23)15-6-11-19(12-7-15)29(30)31/h4-14H,1-3H3,(H,26,28). The van der Waals surface area contributed by atoms with Crippen molar-refractivity contribution >= 4 is 38.9 Å². The number of amidine groups is 1. The third-order valence-electron chi connectivity index (χ3n) is 5.10. The number of hydrazone groups is 1. The fourth-order valence-corrected chi connectivity index (χ4v) is 3.69. The van der Waals surface area contributed by atoms with E-state index in [1.165, 1.54) is 17.7 Å². The van der Waals surface area contributed by atoms with Crippen LogP contribution in [0.4, 0.5) is 11.4 Å². The quantitative estimate of drug-likeness (QED) is 0.366. The molecule has 0 bridgehead atoms. The molecule has 1 heterocycles. The van der Waals surface area contributed by atoms with E-state index >= 15 is 0 Å². The Balaban J connectivity index is 1.77. The van der Waals surface area contributed by atoms with E-state index in [1.54, 1.807) is 12.1 Å². The molecule has 0 amide bonds. The lowest BCUT2D eigenvalue weighted by atomic mass is 9.86. The third kappa shape index (κ3) is 4.41. The zero-order valence-electron chi connectivity index (χ0n) is 17.4. The van der Waals surface area contributed by atoms with E-state index in [0.717, 1.165) is 26.9 Å². The first-order valence-corrected chi connectivity index (χ1v) is 10.6. The van der Waals surface area contributed by atoms with Crippen LogP contribution < -0.4 is 5.43 Å². The van der Waals surface area contributed by atoms with Gasteiger partial charge in [0.1, 0.15) is 5.71 Å². The van der Waals surface area contributed by atoms with Crippen LogP contribution in [0, 0.1) is 10.1 Å². The zero-order valence-corrected chi connectivity index (χ0v) is 19.0. The molecule has 0 radical (unpaired) electrons. The van der Waals surface area contributed by atoms with Crippen LogP contribution in [0.25, 0.3) is 0 Å². The molecule has 7 heteroatoms. The summed E-state index contributed by atoms with van der Waals surface area (Å²) in [6.45, 7) is 6.54. The van der Waals surface area contributed by atoms with Gasteiger partial charge in [0.25, 0.3) is 5.69 Å². The van der Waals surface area contributed by atoms with Crippen LogP contribution in [0.3, 0.4) is 0 Å². The maximum Gasteiger partial charge on any atom is 0.269 e. The van der Waals surface area contributed by atoms with E-state index < -0.39 is 4.92 Å². The highest BCUT2D eigenvalue weighted by molar-refractivity contribution is 9.10. The van der Waals surface area contributed by atoms with E-state index in [9.17, 15) is 10.1 Å². The lowest BCUT2D eigenvalue weighted by molar-refractivity contribution is -0.384. The molecule has 3 aromatic rings. The van der Waals surface area contributed by atoms with Gasteiger partial charge in [-0.1, -0.05) is 61.0 Å². The van der Waals surface area contributed by atoms with Crippen LogP contribution >= 0.6 is 15.9 Å². The van der Waals surface area contributed by atoms with Crippen molar-refractivity contribution in [3.05, 3.63) is 104 Å². The minimum atomic E-state index is -0.413. The van der Waals surface area contributed by atoms with Crippen molar-refractivity contribution in [2.24, 2.45) is 10.1 Å². The normalized spacial score (nSPS) is 13.4. The number of benzene rings is 3. The summed E-state index contributed by atoms with van der Waals surface area (Å²) in [5.74, 6) is 0.640. The molecule has 1 aliphatic rings. The average Bonchev–Trinajstić information content (AvgIpc) is 2.93. The van der Waals surface area contributed by atoms with Gasteiger partial charge in [-0.25, -0.2) is 4.99 Å². The van der Waals surface area contributed by atoms with Gasteiger partial charge in [0, 0.05) is 33.3 Å². The fourth-order valence-electron chi connectivity index (χ4n) is 3.33. The Morgan fingerprint density at radius 3 is 2.19 bits per heavy atom. The minimum Gasteiger partial charge on any atom is -0.260 e. The Kier molecular flexibility index (Phi) is 5.45. The van der Waals surface area contributed by atoms with Crippen molar-refractivity contribution in [3.63, 3.8) is 0 Å². The lowest BCUT2D eigenvalue weighted by Gasteiger charge is -2.19. The van der Waals surface area contributed by atoms with Crippen molar-refractivity contribution in [1.29, 1.82) is 0 Å². The Hall–Kier alpha value is -3.32. The zero-order chi connectivity index (χ0) is 22.2. The summed E-state index contributed by atoms with van der Waals surface area (Å²) in [6.07, 6.45) is 0. The van der Waals surface area contributed by atoms with E-state index in [4.69, 9.17) is 4.99 Å².